The third kappa shape index (κ3) is 3.55. The minimum atomic E-state index is -1.06. The van der Waals surface area contributed by atoms with Gasteiger partial charge in [-0.15, -0.1) is 5.10 Å². The van der Waals surface area contributed by atoms with Gasteiger partial charge in [-0.1, -0.05) is 35.0 Å². The predicted molar refractivity (Wildman–Crippen MR) is 70.3 cm³/mol. The fraction of sp³-hybridized carbons (Fsp3) is 0.167. The molecule has 0 aliphatic rings. The molecule has 0 atom stereocenters. The molecule has 0 radical (unpaired) electrons. The summed E-state index contributed by atoms with van der Waals surface area (Å²) in [7, 11) is 0. The number of amides is 1. The number of benzene rings is 1. The molecule has 0 bridgehead atoms. The van der Waals surface area contributed by atoms with Crippen molar-refractivity contribution in [3.63, 3.8) is 0 Å². The molecule has 0 saturated carbocycles. The van der Waals surface area contributed by atoms with Crippen LogP contribution < -0.4 is 5.32 Å². The second-order valence-corrected chi connectivity index (χ2v) is 4.38. The molecular formula is C12H11ClN4O3. The van der Waals surface area contributed by atoms with Crippen LogP contribution in [0.25, 0.3) is 0 Å². The molecule has 1 aromatic carbocycles. The smallest absolute Gasteiger partial charge is 0.325 e. The van der Waals surface area contributed by atoms with Crippen LogP contribution in [0.3, 0.4) is 0 Å². The van der Waals surface area contributed by atoms with E-state index in [0.717, 1.165) is 10.2 Å². The van der Waals surface area contributed by atoms with Crippen LogP contribution in [0, 0.1) is 0 Å². The minimum Gasteiger partial charge on any atom is -0.480 e. The second-order valence-electron chi connectivity index (χ2n) is 3.97. The van der Waals surface area contributed by atoms with Gasteiger partial charge < -0.3 is 10.4 Å². The Labute approximate surface area is 119 Å². The van der Waals surface area contributed by atoms with E-state index in [4.69, 9.17) is 16.7 Å². The van der Waals surface area contributed by atoms with Gasteiger partial charge in [0.1, 0.15) is 6.54 Å². The number of aliphatic carboxylic acids is 1. The van der Waals surface area contributed by atoms with Gasteiger partial charge in [0.15, 0.2) is 5.69 Å². The monoisotopic (exact) mass is 294 g/mol. The van der Waals surface area contributed by atoms with E-state index < -0.39 is 11.9 Å². The van der Waals surface area contributed by atoms with E-state index in [1.54, 1.807) is 18.2 Å². The fourth-order valence-corrected chi connectivity index (χ4v) is 1.73. The summed E-state index contributed by atoms with van der Waals surface area (Å²) in [6.07, 6.45) is 1.27. The van der Waals surface area contributed by atoms with Crippen molar-refractivity contribution >= 4 is 23.5 Å². The molecule has 1 heterocycles. The van der Waals surface area contributed by atoms with E-state index in [0.29, 0.717) is 5.02 Å². The number of nitrogens with zero attached hydrogens (tertiary/aromatic N) is 3. The molecular weight excluding hydrogens is 284 g/mol. The van der Waals surface area contributed by atoms with Gasteiger partial charge >= 0.3 is 5.97 Å². The first kappa shape index (κ1) is 14.0. The number of aromatic nitrogens is 3. The van der Waals surface area contributed by atoms with Crippen LogP contribution in [0.5, 0.6) is 0 Å². The molecule has 0 fully saturated rings. The van der Waals surface area contributed by atoms with Gasteiger partial charge in [-0.2, -0.15) is 0 Å². The van der Waals surface area contributed by atoms with E-state index in [1.807, 2.05) is 6.07 Å². The molecule has 2 rings (SSSR count). The third-order valence-electron chi connectivity index (χ3n) is 2.47. The quantitative estimate of drug-likeness (QED) is 0.855. The highest BCUT2D eigenvalue weighted by Crippen LogP contribution is 2.14. The third-order valence-corrected chi connectivity index (χ3v) is 2.83. The highest BCUT2D eigenvalue weighted by molar-refractivity contribution is 6.31. The van der Waals surface area contributed by atoms with Gasteiger partial charge in [0.05, 0.1) is 6.20 Å². The summed E-state index contributed by atoms with van der Waals surface area (Å²) in [6, 6.07) is 7.14. The lowest BCUT2D eigenvalue weighted by Gasteiger charge is -2.04. The average molecular weight is 295 g/mol. The van der Waals surface area contributed by atoms with Crippen molar-refractivity contribution in [1.82, 2.24) is 20.3 Å². The minimum absolute atomic E-state index is 0.0540. The number of carboxylic acid groups (broad SMARTS) is 1. The maximum absolute atomic E-state index is 11.8. The van der Waals surface area contributed by atoms with Crippen LogP contribution in [0.1, 0.15) is 16.1 Å². The average Bonchev–Trinajstić information content (AvgIpc) is 2.85. The Bertz CT molecular complexity index is 641. The largest absolute Gasteiger partial charge is 0.480 e. The van der Waals surface area contributed by atoms with Crippen LogP contribution >= 0.6 is 11.6 Å². The van der Waals surface area contributed by atoms with Crippen molar-refractivity contribution < 1.29 is 14.7 Å². The van der Waals surface area contributed by atoms with Gasteiger partial charge in [0, 0.05) is 11.6 Å². The molecule has 104 valence electrons. The number of rotatable bonds is 5. The molecule has 2 N–H and O–H groups in total. The molecule has 20 heavy (non-hydrogen) atoms. The zero-order valence-corrected chi connectivity index (χ0v) is 11.0. The SMILES string of the molecule is O=C(O)Cn1cc(C(=O)NCc2ccccc2Cl)nn1. The summed E-state index contributed by atoms with van der Waals surface area (Å²) < 4.78 is 1.08. The van der Waals surface area contributed by atoms with E-state index in [1.165, 1.54) is 6.20 Å². The van der Waals surface area contributed by atoms with Crippen LogP contribution in [-0.2, 0) is 17.9 Å². The Morgan fingerprint density at radius 3 is 2.80 bits per heavy atom. The fourth-order valence-electron chi connectivity index (χ4n) is 1.53. The predicted octanol–water partition coefficient (Wildman–Crippen LogP) is 0.946. The second kappa shape index (κ2) is 6.16. The Morgan fingerprint density at radius 2 is 2.10 bits per heavy atom. The normalized spacial score (nSPS) is 10.2. The summed E-state index contributed by atoms with van der Waals surface area (Å²) in [5.74, 6) is -1.50. The molecule has 8 heteroatoms. The maximum atomic E-state index is 11.8. The van der Waals surface area contributed by atoms with Crippen LogP contribution in [0.4, 0.5) is 0 Å². The van der Waals surface area contributed by atoms with Crippen molar-refractivity contribution in [2.75, 3.05) is 0 Å². The number of carbonyl (C=O) groups excluding carboxylic acids is 1. The molecule has 0 aliphatic heterocycles. The van der Waals surface area contributed by atoms with Crippen LogP contribution in [0.15, 0.2) is 30.5 Å². The highest BCUT2D eigenvalue weighted by atomic mass is 35.5. The molecule has 0 saturated heterocycles. The van der Waals surface area contributed by atoms with E-state index in [9.17, 15) is 9.59 Å². The number of carbonyl (C=O) groups is 2. The lowest BCUT2D eigenvalue weighted by molar-refractivity contribution is -0.137. The maximum Gasteiger partial charge on any atom is 0.325 e. The number of nitrogens with one attached hydrogen (secondary N) is 1. The zero-order chi connectivity index (χ0) is 14.5. The van der Waals surface area contributed by atoms with Gasteiger partial charge in [-0.3, -0.25) is 9.59 Å². The molecule has 0 unspecified atom stereocenters. The van der Waals surface area contributed by atoms with Gasteiger partial charge in [0.25, 0.3) is 5.91 Å². The Balaban J connectivity index is 1.97. The number of hydrogen-bond donors (Lipinski definition) is 2. The van der Waals surface area contributed by atoms with Gasteiger partial charge in [-0.05, 0) is 11.6 Å². The molecule has 1 amide bonds. The van der Waals surface area contributed by atoms with E-state index >= 15 is 0 Å². The highest BCUT2D eigenvalue weighted by Gasteiger charge is 2.12. The summed E-state index contributed by atoms with van der Waals surface area (Å²) in [5.41, 5.74) is 0.832. The Kier molecular flexibility index (Phi) is 4.31. The lowest BCUT2D eigenvalue weighted by Crippen LogP contribution is -2.23. The van der Waals surface area contributed by atoms with Gasteiger partial charge in [-0.25, -0.2) is 4.68 Å². The molecule has 0 spiro atoms. The van der Waals surface area contributed by atoms with Gasteiger partial charge in [0.2, 0.25) is 0 Å². The molecule has 2 aromatic rings. The first-order valence-corrected chi connectivity index (χ1v) is 6.07. The number of carboxylic acids is 1. The Morgan fingerprint density at radius 1 is 1.35 bits per heavy atom. The van der Waals surface area contributed by atoms with E-state index in [2.05, 4.69) is 15.6 Å². The summed E-state index contributed by atoms with van der Waals surface area (Å²) in [5, 5.41) is 18.9. The van der Waals surface area contributed by atoms with E-state index in [-0.39, 0.29) is 18.8 Å². The lowest BCUT2D eigenvalue weighted by atomic mass is 10.2. The first-order chi connectivity index (χ1) is 9.56. The number of hydrogen-bond acceptors (Lipinski definition) is 4. The van der Waals surface area contributed by atoms with Crippen molar-refractivity contribution in [2.45, 2.75) is 13.1 Å². The van der Waals surface area contributed by atoms with Crippen molar-refractivity contribution in [1.29, 1.82) is 0 Å². The zero-order valence-electron chi connectivity index (χ0n) is 10.3. The van der Waals surface area contributed by atoms with Crippen molar-refractivity contribution in [3.8, 4) is 0 Å². The molecule has 0 aliphatic carbocycles. The first-order valence-electron chi connectivity index (χ1n) is 5.70. The topological polar surface area (TPSA) is 97.1 Å². The standard InChI is InChI=1S/C12H11ClN4O3/c13-9-4-2-1-3-8(9)5-14-12(20)10-6-17(16-15-10)7-11(18)19/h1-4,6H,5,7H2,(H,14,20)(H,18,19). The van der Waals surface area contributed by atoms with Crippen LogP contribution in [-0.4, -0.2) is 32.0 Å². The summed E-state index contributed by atoms with van der Waals surface area (Å²) in [6.45, 7) is -0.0882. The summed E-state index contributed by atoms with van der Waals surface area (Å²) >= 11 is 5.97. The molecule has 7 nitrogen and oxygen atoms in total. The molecule has 1 aromatic heterocycles. The van der Waals surface area contributed by atoms with Crippen LogP contribution in [0.2, 0.25) is 5.02 Å². The summed E-state index contributed by atoms with van der Waals surface area (Å²) in [4.78, 5) is 22.3. The number of halogens is 1. The Hall–Kier alpha value is -2.41. The van der Waals surface area contributed by atoms with Crippen molar-refractivity contribution in [3.05, 3.63) is 46.7 Å². The van der Waals surface area contributed by atoms with Crippen molar-refractivity contribution in [2.24, 2.45) is 0 Å².